The highest BCUT2D eigenvalue weighted by Crippen LogP contribution is 2.33. The monoisotopic (exact) mass is 307 g/mol. The zero-order valence-electron chi connectivity index (χ0n) is 11.3. The van der Waals surface area contributed by atoms with Crippen LogP contribution in [0.15, 0.2) is 18.2 Å². The fourth-order valence-electron chi connectivity index (χ4n) is 1.55. The van der Waals surface area contributed by atoms with E-state index in [-0.39, 0.29) is 17.5 Å². The number of nitrogens with one attached hydrogen (secondary N) is 1. The van der Waals surface area contributed by atoms with E-state index in [4.69, 9.17) is 16.3 Å². The van der Waals surface area contributed by atoms with Crippen LogP contribution in [0.4, 0.5) is 8.78 Å². The van der Waals surface area contributed by atoms with Gasteiger partial charge in [0.25, 0.3) is 0 Å². The number of rotatable bonds is 6. The second-order valence-corrected chi connectivity index (χ2v) is 4.75. The maximum Gasteiger partial charge on any atom is 0.387 e. The van der Waals surface area contributed by atoms with Gasteiger partial charge in [-0.15, -0.1) is 11.6 Å². The minimum atomic E-state index is -2.99. The van der Waals surface area contributed by atoms with E-state index in [2.05, 4.69) is 10.1 Å². The molecule has 112 valence electrons. The van der Waals surface area contributed by atoms with Crippen molar-refractivity contribution in [2.75, 3.05) is 7.11 Å². The number of ether oxygens (including phenoxy) is 2. The van der Waals surface area contributed by atoms with Gasteiger partial charge in [0.2, 0.25) is 5.91 Å². The zero-order chi connectivity index (χ0) is 15.3. The van der Waals surface area contributed by atoms with Crippen molar-refractivity contribution >= 4 is 17.5 Å². The Hall–Kier alpha value is -1.56. The maximum atomic E-state index is 12.3. The fourth-order valence-corrected chi connectivity index (χ4v) is 1.75. The SMILES string of the molecule is COc1ccc(C(Cl)C(=O)NC(C)C)cc1OC(F)F. The normalized spacial score (nSPS) is 12.4. The van der Waals surface area contributed by atoms with Gasteiger partial charge in [0, 0.05) is 6.04 Å². The summed E-state index contributed by atoms with van der Waals surface area (Å²) in [6, 6.07) is 4.14. The molecule has 1 rings (SSSR count). The minimum Gasteiger partial charge on any atom is -0.493 e. The summed E-state index contributed by atoms with van der Waals surface area (Å²) in [5.74, 6) is -0.431. The number of benzene rings is 1. The first-order chi connectivity index (χ1) is 9.35. The van der Waals surface area contributed by atoms with Gasteiger partial charge in [-0.1, -0.05) is 6.07 Å². The van der Waals surface area contributed by atoms with E-state index >= 15 is 0 Å². The van der Waals surface area contributed by atoms with Gasteiger partial charge in [0.1, 0.15) is 5.38 Å². The van der Waals surface area contributed by atoms with Crippen LogP contribution in [-0.4, -0.2) is 25.7 Å². The van der Waals surface area contributed by atoms with Crippen molar-refractivity contribution in [2.45, 2.75) is 31.9 Å². The van der Waals surface area contributed by atoms with Crippen LogP contribution in [0.3, 0.4) is 0 Å². The van der Waals surface area contributed by atoms with Crippen LogP contribution in [0.2, 0.25) is 0 Å². The van der Waals surface area contributed by atoms with Crippen LogP contribution >= 0.6 is 11.6 Å². The quantitative estimate of drug-likeness (QED) is 0.822. The number of halogens is 3. The summed E-state index contributed by atoms with van der Waals surface area (Å²) < 4.78 is 33.9. The molecular weight excluding hydrogens is 292 g/mol. The molecule has 0 bridgehead atoms. The molecule has 1 aromatic rings. The van der Waals surface area contributed by atoms with Crippen molar-refractivity contribution in [3.05, 3.63) is 23.8 Å². The molecule has 0 saturated heterocycles. The Morgan fingerprint density at radius 1 is 1.30 bits per heavy atom. The first-order valence-electron chi connectivity index (χ1n) is 5.92. The van der Waals surface area contributed by atoms with Crippen LogP contribution < -0.4 is 14.8 Å². The summed E-state index contributed by atoms with van der Waals surface area (Å²) in [5, 5.41) is 1.64. The molecule has 1 N–H and O–H groups in total. The zero-order valence-corrected chi connectivity index (χ0v) is 12.1. The molecule has 1 atom stereocenters. The Bertz CT molecular complexity index is 469. The smallest absolute Gasteiger partial charge is 0.387 e. The van der Waals surface area contributed by atoms with Crippen LogP contribution in [0.1, 0.15) is 24.8 Å². The molecule has 0 aromatic heterocycles. The third-order valence-corrected chi connectivity index (χ3v) is 2.81. The standard InChI is InChI=1S/C13H16ClF2NO3/c1-7(2)17-12(18)11(14)8-4-5-9(19-3)10(6-8)20-13(15)16/h4-7,11,13H,1-3H3,(H,17,18). The average molecular weight is 308 g/mol. The minimum absolute atomic E-state index is 0.0706. The maximum absolute atomic E-state index is 12.3. The average Bonchev–Trinajstić information content (AvgIpc) is 2.36. The second kappa shape index (κ2) is 7.28. The molecule has 0 aliphatic carbocycles. The summed E-state index contributed by atoms with van der Waals surface area (Å²) >= 11 is 6.01. The Balaban J connectivity index is 2.98. The number of carbonyl (C=O) groups is 1. The van der Waals surface area contributed by atoms with E-state index in [1.54, 1.807) is 13.8 Å². The van der Waals surface area contributed by atoms with Gasteiger partial charge in [0.15, 0.2) is 11.5 Å². The highest BCUT2D eigenvalue weighted by atomic mass is 35.5. The molecule has 4 nitrogen and oxygen atoms in total. The van der Waals surface area contributed by atoms with Crippen LogP contribution in [0.5, 0.6) is 11.5 Å². The molecule has 1 amide bonds. The van der Waals surface area contributed by atoms with Crippen molar-refractivity contribution in [3.63, 3.8) is 0 Å². The summed E-state index contributed by atoms with van der Waals surface area (Å²) in [4.78, 5) is 11.8. The van der Waals surface area contributed by atoms with Crippen molar-refractivity contribution in [1.82, 2.24) is 5.32 Å². The van der Waals surface area contributed by atoms with E-state index < -0.39 is 17.9 Å². The lowest BCUT2D eigenvalue weighted by molar-refractivity contribution is -0.121. The highest BCUT2D eigenvalue weighted by molar-refractivity contribution is 6.30. The third kappa shape index (κ3) is 4.52. The summed E-state index contributed by atoms with van der Waals surface area (Å²) in [6.45, 7) is 0.597. The van der Waals surface area contributed by atoms with Gasteiger partial charge in [-0.2, -0.15) is 8.78 Å². The Morgan fingerprint density at radius 2 is 1.95 bits per heavy atom. The molecule has 1 unspecified atom stereocenters. The lowest BCUT2D eigenvalue weighted by atomic mass is 10.1. The van der Waals surface area contributed by atoms with Crippen LogP contribution in [0, 0.1) is 0 Å². The van der Waals surface area contributed by atoms with E-state index in [9.17, 15) is 13.6 Å². The number of carbonyl (C=O) groups excluding carboxylic acids is 1. The summed E-state index contributed by atoms with van der Waals surface area (Å²) in [5.41, 5.74) is 0.348. The molecule has 1 aromatic carbocycles. The number of amides is 1. The van der Waals surface area contributed by atoms with E-state index in [0.717, 1.165) is 0 Å². The first kappa shape index (κ1) is 16.5. The number of hydrogen-bond acceptors (Lipinski definition) is 3. The molecule has 20 heavy (non-hydrogen) atoms. The number of methoxy groups -OCH3 is 1. The molecule has 0 aliphatic rings. The summed E-state index contributed by atoms with van der Waals surface area (Å²) in [6.07, 6.45) is 0. The third-order valence-electron chi connectivity index (χ3n) is 2.36. The van der Waals surface area contributed by atoms with Gasteiger partial charge in [-0.25, -0.2) is 0 Å². The first-order valence-corrected chi connectivity index (χ1v) is 6.36. The van der Waals surface area contributed by atoms with Crippen molar-refractivity contribution < 1.29 is 23.0 Å². The lowest BCUT2D eigenvalue weighted by Gasteiger charge is -2.15. The Kier molecular flexibility index (Phi) is 6.01. The van der Waals surface area contributed by atoms with Gasteiger partial charge in [-0.3, -0.25) is 4.79 Å². The Labute approximate surface area is 121 Å². The number of alkyl halides is 3. The van der Waals surface area contributed by atoms with E-state index in [0.29, 0.717) is 5.56 Å². The van der Waals surface area contributed by atoms with Gasteiger partial charge >= 0.3 is 6.61 Å². The predicted octanol–water partition coefficient (Wildman–Crippen LogP) is 3.10. The molecule has 7 heteroatoms. The van der Waals surface area contributed by atoms with Crippen molar-refractivity contribution in [2.24, 2.45) is 0 Å². The van der Waals surface area contributed by atoms with E-state index in [1.807, 2.05) is 0 Å². The predicted molar refractivity (Wildman–Crippen MR) is 71.5 cm³/mol. The second-order valence-electron chi connectivity index (χ2n) is 4.31. The molecule has 0 radical (unpaired) electrons. The molecule has 0 spiro atoms. The molecular formula is C13H16ClF2NO3. The van der Waals surface area contributed by atoms with Crippen LogP contribution in [0.25, 0.3) is 0 Å². The topological polar surface area (TPSA) is 47.6 Å². The molecule has 0 fully saturated rings. The van der Waals surface area contributed by atoms with Crippen LogP contribution in [-0.2, 0) is 4.79 Å². The molecule has 0 aliphatic heterocycles. The molecule has 0 saturated carbocycles. The lowest BCUT2D eigenvalue weighted by Crippen LogP contribution is -2.32. The van der Waals surface area contributed by atoms with Gasteiger partial charge in [-0.05, 0) is 31.5 Å². The van der Waals surface area contributed by atoms with Gasteiger partial charge < -0.3 is 14.8 Å². The largest absolute Gasteiger partial charge is 0.493 e. The fraction of sp³-hybridized carbons (Fsp3) is 0.462. The highest BCUT2D eigenvalue weighted by Gasteiger charge is 2.21. The summed E-state index contributed by atoms with van der Waals surface area (Å²) in [7, 11) is 1.33. The van der Waals surface area contributed by atoms with E-state index in [1.165, 1.54) is 25.3 Å². The van der Waals surface area contributed by atoms with Crippen molar-refractivity contribution in [1.29, 1.82) is 0 Å². The Morgan fingerprint density at radius 3 is 2.45 bits per heavy atom. The number of hydrogen-bond donors (Lipinski definition) is 1. The van der Waals surface area contributed by atoms with Crippen molar-refractivity contribution in [3.8, 4) is 11.5 Å². The molecule has 0 heterocycles. The van der Waals surface area contributed by atoms with Gasteiger partial charge in [0.05, 0.1) is 7.11 Å².